The molecule has 0 atom stereocenters. The van der Waals surface area contributed by atoms with Gasteiger partial charge in [0.1, 0.15) is 9.88 Å². The van der Waals surface area contributed by atoms with Crippen molar-refractivity contribution in [2.45, 2.75) is 13.5 Å². The first-order chi connectivity index (χ1) is 12.9. The molecule has 2 heterocycles. The molecule has 0 saturated heterocycles. The minimum Gasteiger partial charge on any atom is -0.451 e. The summed E-state index contributed by atoms with van der Waals surface area (Å²) in [6.07, 6.45) is 0. The normalized spacial score (nSPS) is 10.6. The van der Waals surface area contributed by atoms with Gasteiger partial charge < -0.3 is 9.64 Å². The van der Waals surface area contributed by atoms with E-state index in [9.17, 15) is 9.59 Å². The highest BCUT2D eigenvalue weighted by atomic mass is 35.5. The summed E-state index contributed by atoms with van der Waals surface area (Å²) in [6, 6.07) is 9.19. The molecule has 0 aliphatic carbocycles. The fourth-order valence-corrected chi connectivity index (χ4v) is 4.10. The van der Waals surface area contributed by atoms with Gasteiger partial charge in [0.15, 0.2) is 6.61 Å². The third kappa shape index (κ3) is 4.94. The minimum absolute atomic E-state index is 0.255. The Morgan fingerprint density at radius 3 is 2.63 bits per heavy atom. The van der Waals surface area contributed by atoms with Crippen molar-refractivity contribution in [2.24, 2.45) is 0 Å². The number of amides is 1. The van der Waals surface area contributed by atoms with Gasteiger partial charge in [-0.3, -0.25) is 4.79 Å². The lowest BCUT2D eigenvalue weighted by atomic mass is 10.2. The van der Waals surface area contributed by atoms with E-state index in [4.69, 9.17) is 16.3 Å². The zero-order valence-corrected chi connectivity index (χ0v) is 17.2. The number of hydrogen-bond donors (Lipinski definition) is 0. The van der Waals surface area contributed by atoms with Gasteiger partial charge in [-0.1, -0.05) is 23.7 Å². The number of halogens is 1. The number of ether oxygens (including phenoxy) is 1. The number of rotatable bonds is 6. The monoisotopic (exact) mass is 420 g/mol. The first-order valence-corrected chi connectivity index (χ1v) is 10.2. The van der Waals surface area contributed by atoms with E-state index >= 15 is 0 Å². The zero-order valence-electron chi connectivity index (χ0n) is 14.8. The highest BCUT2D eigenvalue weighted by Crippen LogP contribution is 2.29. The van der Waals surface area contributed by atoms with Crippen molar-refractivity contribution < 1.29 is 14.3 Å². The molecule has 0 bridgehead atoms. The van der Waals surface area contributed by atoms with E-state index in [-0.39, 0.29) is 12.5 Å². The molecule has 0 fully saturated rings. The second-order valence-electron chi connectivity index (χ2n) is 5.90. The average molecular weight is 421 g/mol. The summed E-state index contributed by atoms with van der Waals surface area (Å²) in [4.78, 5) is 30.9. The van der Waals surface area contributed by atoms with Crippen LogP contribution in [0.1, 0.15) is 20.9 Å². The standard InChI is InChI=1S/C19H17ClN2O3S2/c1-12-17(27-18(21-12)14-3-5-15(20)6-4-14)19(24)25-10-16(23)22(2)9-13-7-8-26-11-13/h3-8,11H,9-10H2,1-2H3. The topological polar surface area (TPSA) is 59.5 Å². The maximum absolute atomic E-state index is 12.4. The molecule has 0 aliphatic rings. The van der Waals surface area contributed by atoms with Crippen LogP contribution in [0.15, 0.2) is 41.1 Å². The Bertz CT molecular complexity index is 937. The molecular formula is C19H17ClN2O3S2. The van der Waals surface area contributed by atoms with Crippen LogP contribution in [0.25, 0.3) is 10.6 Å². The van der Waals surface area contributed by atoms with Crippen molar-refractivity contribution in [3.8, 4) is 10.6 Å². The highest BCUT2D eigenvalue weighted by Gasteiger charge is 2.20. The van der Waals surface area contributed by atoms with E-state index in [0.29, 0.717) is 27.1 Å². The number of thiophene rings is 1. The van der Waals surface area contributed by atoms with E-state index in [1.54, 1.807) is 37.4 Å². The van der Waals surface area contributed by atoms with Crippen molar-refractivity contribution in [2.75, 3.05) is 13.7 Å². The van der Waals surface area contributed by atoms with Gasteiger partial charge in [-0.15, -0.1) is 11.3 Å². The van der Waals surface area contributed by atoms with Gasteiger partial charge in [0.25, 0.3) is 5.91 Å². The Hall–Kier alpha value is -2.22. The number of aromatic nitrogens is 1. The molecular weight excluding hydrogens is 404 g/mol. The largest absolute Gasteiger partial charge is 0.451 e. The molecule has 5 nitrogen and oxygen atoms in total. The number of likely N-dealkylation sites (N-methyl/N-ethyl adjacent to an activating group) is 1. The van der Waals surface area contributed by atoms with Crippen molar-refractivity contribution in [3.63, 3.8) is 0 Å². The number of benzene rings is 1. The predicted molar refractivity (Wildman–Crippen MR) is 108 cm³/mol. The van der Waals surface area contributed by atoms with Crippen LogP contribution in [-0.2, 0) is 16.1 Å². The number of aryl methyl sites for hydroxylation is 1. The van der Waals surface area contributed by atoms with E-state index in [1.165, 1.54) is 16.2 Å². The highest BCUT2D eigenvalue weighted by molar-refractivity contribution is 7.17. The first-order valence-electron chi connectivity index (χ1n) is 8.09. The maximum atomic E-state index is 12.4. The summed E-state index contributed by atoms with van der Waals surface area (Å²) < 4.78 is 5.20. The molecule has 0 aliphatic heterocycles. The van der Waals surface area contributed by atoms with Crippen LogP contribution in [0.5, 0.6) is 0 Å². The molecule has 0 spiro atoms. The predicted octanol–water partition coefficient (Wildman–Crippen LogP) is 4.65. The van der Waals surface area contributed by atoms with Crippen LogP contribution in [0.2, 0.25) is 5.02 Å². The van der Waals surface area contributed by atoms with Crippen molar-refractivity contribution in [3.05, 3.63) is 62.2 Å². The van der Waals surface area contributed by atoms with Crippen molar-refractivity contribution in [1.29, 1.82) is 0 Å². The van der Waals surface area contributed by atoms with Crippen LogP contribution in [0.4, 0.5) is 0 Å². The third-order valence-electron chi connectivity index (χ3n) is 3.83. The molecule has 3 aromatic rings. The van der Waals surface area contributed by atoms with E-state index in [0.717, 1.165) is 11.1 Å². The molecule has 0 unspecified atom stereocenters. The quantitative estimate of drug-likeness (QED) is 0.544. The van der Waals surface area contributed by atoms with Crippen LogP contribution in [0.3, 0.4) is 0 Å². The van der Waals surface area contributed by atoms with Crippen LogP contribution < -0.4 is 0 Å². The van der Waals surface area contributed by atoms with Gasteiger partial charge in [0, 0.05) is 24.2 Å². The van der Waals surface area contributed by atoms with Gasteiger partial charge in [-0.05, 0) is 41.4 Å². The fraction of sp³-hybridized carbons (Fsp3) is 0.211. The van der Waals surface area contributed by atoms with E-state index in [2.05, 4.69) is 4.98 Å². The van der Waals surface area contributed by atoms with E-state index < -0.39 is 5.97 Å². The molecule has 0 saturated carbocycles. The molecule has 2 aromatic heterocycles. The number of nitrogens with zero attached hydrogens (tertiary/aromatic N) is 2. The fourth-order valence-electron chi connectivity index (χ4n) is 2.35. The van der Waals surface area contributed by atoms with E-state index in [1.807, 2.05) is 29.0 Å². The number of hydrogen-bond acceptors (Lipinski definition) is 6. The summed E-state index contributed by atoms with van der Waals surface area (Å²) in [6.45, 7) is 1.93. The second-order valence-corrected chi connectivity index (χ2v) is 8.11. The molecule has 3 rings (SSSR count). The van der Waals surface area contributed by atoms with Crippen LogP contribution in [0, 0.1) is 6.92 Å². The van der Waals surface area contributed by atoms with Gasteiger partial charge in [0.2, 0.25) is 0 Å². The Morgan fingerprint density at radius 1 is 1.22 bits per heavy atom. The summed E-state index contributed by atoms with van der Waals surface area (Å²) in [5, 5.41) is 5.28. The average Bonchev–Trinajstić information content (AvgIpc) is 3.29. The number of thiazole rings is 1. The SMILES string of the molecule is Cc1nc(-c2ccc(Cl)cc2)sc1C(=O)OCC(=O)N(C)Cc1ccsc1. The summed E-state index contributed by atoms with van der Waals surface area (Å²) >= 11 is 8.71. The van der Waals surface area contributed by atoms with Gasteiger partial charge in [0.05, 0.1) is 5.69 Å². The lowest BCUT2D eigenvalue weighted by Crippen LogP contribution is -2.30. The Balaban J connectivity index is 1.61. The summed E-state index contributed by atoms with van der Waals surface area (Å²) in [7, 11) is 1.68. The molecule has 27 heavy (non-hydrogen) atoms. The van der Waals surface area contributed by atoms with Gasteiger partial charge >= 0.3 is 5.97 Å². The number of carbonyl (C=O) groups is 2. The number of esters is 1. The molecule has 0 radical (unpaired) electrons. The second kappa shape index (κ2) is 8.65. The summed E-state index contributed by atoms with van der Waals surface area (Å²) in [5.41, 5.74) is 2.50. The molecule has 8 heteroatoms. The molecule has 1 aromatic carbocycles. The lowest BCUT2D eigenvalue weighted by molar-refractivity contribution is -0.133. The van der Waals surface area contributed by atoms with Crippen molar-refractivity contribution in [1.82, 2.24) is 9.88 Å². The summed E-state index contributed by atoms with van der Waals surface area (Å²) in [5.74, 6) is -0.794. The van der Waals surface area contributed by atoms with Crippen LogP contribution in [-0.4, -0.2) is 35.4 Å². The van der Waals surface area contributed by atoms with Crippen molar-refractivity contribution >= 4 is 46.2 Å². The third-order valence-corrected chi connectivity index (χ3v) is 6.00. The molecule has 0 N–H and O–H groups in total. The number of carbonyl (C=O) groups excluding carboxylic acids is 2. The van der Waals surface area contributed by atoms with Gasteiger partial charge in [-0.25, -0.2) is 9.78 Å². The van der Waals surface area contributed by atoms with Gasteiger partial charge in [-0.2, -0.15) is 11.3 Å². The first kappa shape index (κ1) is 19.5. The molecule has 140 valence electrons. The Kier molecular flexibility index (Phi) is 6.26. The smallest absolute Gasteiger partial charge is 0.350 e. The Labute approximate surface area is 170 Å². The molecule has 1 amide bonds. The van der Waals surface area contributed by atoms with Crippen LogP contribution >= 0.6 is 34.3 Å². The maximum Gasteiger partial charge on any atom is 0.350 e. The zero-order chi connectivity index (χ0) is 19.4. The Morgan fingerprint density at radius 2 is 1.96 bits per heavy atom. The lowest BCUT2D eigenvalue weighted by Gasteiger charge is -2.16. The minimum atomic E-state index is -0.539.